The van der Waals surface area contributed by atoms with Crippen molar-refractivity contribution in [3.05, 3.63) is 47.5 Å². The summed E-state index contributed by atoms with van der Waals surface area (Å²) in [5.74, 6) is 0.262. The first-order valence-electron chi connectivity index (χ1n) is 8.83. The highest BCUT2D eigenvalue weighted by atomic mass is 16.2. The van der Waals surface area contributed by atoms with Gasteiger partial charge in [-0.15, -0.1) is 0 Å². The summed E-state index contributed by atoms with van der Waals surface area (Å²) in [6.07, 6.45) is 8.48. The van der Waals surface area contributed by atoms with Crippen molar-refractivity contribution in [2.75, 3.05) is 6.54 Å². The second kappa shape index (κ2) is 7.60. The molecule has 5 heteroatoms. The number of carbonyl (C=O) groups is 1. The van der Waals surface area contributed by atoms with E-state index in [9.17, 15) is 4.79 Å². The first kappa shape index (κ1) is 16.7. The average molecular weight is 326 g/mol. The molecule has 0 radical (unpaired) electrons. The fourth-order valence-corrected chi connectivity index (χ4v) is 3.54. The topological polar surface area (TPSA) is 51.0 Å². The summed E-state index contributed by atoms with van der Waals surface area (Å²) >= 11 is 0. The van der Waals surface area contributed by atoms with Crippen LogP contribution in [0.15, 0.2) is 30.6 Å². The molecule has 1 saturated heterocycles. The predicted molar refractivity (Wildman–Crippen MR) is 93.6 cm³/mol. The Kier molecular flexibility index (Phi) is 5.28. The minimum Gasteiger partial charge on any atom is -0.340 e. The number of likely N-dealkylation sites (tertiary alicyclic amines) is 1. The van der Waals surface area contributed by atoms with E-state index in [-0.39, 0.29) is 5.91 Å². The SMILES string of the molecule is Cc1cc(CC[C@@H]2CCCN2C(=O)CCn2nccc2C)ccn1. The lowest BCUT2D eigenvalue weighted by Crippen LogP contribution is -2.36. The highest BCUT2D eigenvalue weighted by Gasteiger charge is 2.28. The van der Waals surface area contributed by atoms with Crippen LogP contribution in [-0.2, 0) is 17.8 Å². The molecule has 0 unspecified atom stereocenters. The third-order valence-electron chi connectivity index (χ3n) is 4.89. The van der Waals surface area contributed by atoms with E-state index in [4.69, 9.17) is 0 Å². The van der Waals surface area contributed by atoms with E-state index in [0.717, 1.165) is 43.6 Å². The smallest absolute Gasteiger partial charge is 0.224 e. The summed E-state index contributed by atoms with van der Waals surface area (Å²) in [7, 11) is 0. The van der Waals surface area contributed by atoms with Gasteiger partial charge in [-0.05, 0) is 63.3 Å². The van der Waals surface area contributed by atoms with Crippen LogP contribution in [0.4, 0.5) is 0 Å². The highest BCUT2D eigenvalue weighted by Crippen LogP contribution is 2.23. The van der Waals surface area contributed by atoms with Crippen LogP contribution < -0.4 is 0 Å². The zero-order chi connectivity index (χ0) is 16.9. The number of hydrogen-bond acceptors (Lipinski definition) is 3. The van der Waals surface area contributed by atoms with Gasteiger partial charge in [0.05, 0.1) is 0 Å². The monoisotopic (exact) mass is 326 g/mol. The fourth-order valence-electron chi connectivity index (χ4n) is 3.54. The van der Waals surface area contributed by atoms with Crippen LogP contribution >= 0.6 is 0 Å². The maximum Gasteiger partial charge on any atom is 0.224 e. The Morgan fingerprint density at radius 3 is 2.92 bits per heavy atom. The highest BCUT2D eigenvalue weighted by molar-refractivity contribution is 5.76. The molecule has 0 N–H and O–H groups in total. The molecule has 3 heterocycles. The third-order valence-corrected chi connectivity index (χ3v) is 4.89. The molecule has 128 valence electrons. The van der Waals surface area contributed by atoms with Crippen LogP contribution in [0.3, 0.4) is 0 Å². The zero-order valence-electron chi connectivity index (χ0n) is 14.6. The van der Waals surface area contributed by atoms with E-state index < -0.39 is 0 Å². The van der Waals surface area contributed by atoms with Crippen LogP contribution in [0.1, 0.15) is 42.6 Å². The Bertz CT molecular complexity index is 694. The first-order valence-corrected chi connectivity index (χ1v) is 8.83. The van der Waals surface area contributed by atoms with Crippen molar-refractivity contribution in [1.29, 1.82) is 0 Å². The lowest BCUT2D eigenvalue weighted by Gasteiger charge is -2.25. The molecule has 0 saturated carbocycles. The summed E-state index contributed by atoms with van der Waals surface area (Å²) in [5, 5.41) is 4.26. The Morgan fingerprint density at radius 1 is 1.29 bits per heavy atom. The molecule has 0 aliphatic carbocycles. The Hall–Kier alpha value is -2.17. The van der Waals surface area contributed by atoms with E-state index >= 15 is 0 Å². The molecule has 1 amide bonds. The largest absolute Gasteiger partial charge is 0.340 e. The molecule has 24 heavy (non-hydrogen) atoms. The summed E-state index contributed by atoms with van der Waals surface area (Å²) < 4.78 is 1.91. The molecule has 1 fully saturated rings. The molecule has 1 atom stereocenters. The predicted octanol–water partition coefficient (Wildman–Crippen LogP) is 2.91. The maximum atomic E-state index is 12.6. The maximum absolute atomic E-state index is 12.6. The van der Waals surface area contributed by atoms with Gasteiger partial charge in [-0.2, -0.15) is 5.10 Å². The van der Waals surface area contributed by atoms with Gasteiger partial charge in [0.1, 0.15) is 0 Å². The quantitative estimate of drug-likeness (QED) is 0.820. The third kappa shape index (κ3) is 4.02. The van der Waals surface area contributed by atoms with E-state index in [2.05, 4.69) is 27.1 Å². The zero-order valence-corrected chi connectivity index (χ0v) is 14.6. The average Bonchev–Trinajstić information content (AvgIpc) is 3.19. The number of aryl methyl sites for hydroxylation is 4. The number of amides is 1. The first-order chi connectivity index (χ1) is 11.6. The minimum absolute atomic E-state index is 0.262. The van der Waals surface area contributed by atoms with Gasteiger partial charge in [-0.1, -0.05) is 0 Å². The van der Waals surface area contributed by atoms with Crippen molar-refractivity contribution in [2.45, 2.75) is 58.5 Å². The van der Waals surface area contributed by atoms with Gasteiger partial charge < -0.3 is 4.90 Å². The van der Waals surface area contributed by atoms with Crippen molar-refractivity contribution < 1.29 is 4.79 Å². The van der Waals surface area contributed by atoms with Crippen LogP contribution in [-0.4, -0.2) is 38.2 Å². The molecule has 5 nitrogen and oxygen atoms in total. The number of aromatic nitrogens is 3. The van der Waals surface area contributed by atoms with Gasteiger partial charge in [0.15, 0.2) is 0 Å². The molecule has 2 aromatic rings. The molecule has 0 bridgehead atoms. The molecule has 0 spiro atoms. The van der Waals surface area contributed by atoms with Gasteiger partial charge in [-0.3, -0.25) is 14.5 Å². The lowest BCUT2D eigenvalue weighted by atomic mass is 10.0. The van der Waals surface area contributed by atoms with Gasteiger partial charge >= 0.3 is 0 Å². The van der Waals surface area contributed by atoms with Crippen LogP contribution in [0, 0.1) is 13.8 Å². The number of carbonyl (C=O) groups excluding carboxylic acids is 1. The molecule has 3 rings (SSSR count). The number of pyridine rings is 1. The molecular weight excluding hydrogens is 300 g/mol. The van der Waals surface area contributed by atoms with E-state index in [1.807, 2.05) is 30.8 Å². The van der Waals surface area contributed by atoms with Gasteiger partial charge in [0, 0.05) is 49.3 Å². The van der Waals surface area contributed by atoms with Gasteiger partial charge in [-0.25, -0.2) is 0 Å². The van der Waals surface area contributed by atoms with E-state index in [1.54, 1.807) is 6.20 Å². The van der Waals surface area contributed by atoms with Crippen molar-refractivity contribution in [3.8, 4) is 0 Å². The van der Waals surface area contributed by atoms with Crippen molar-refractivity contribution in [2.24, 2.45) is 0 Å². The standard InChI is InChI=1S/C19H26N4O/c1-15-14-17(8-10-20-15)5-6-18-4-3-12-22(18)19(24)9-13-23-16(2)7-11-21-23/h7-8,10-11,14,18H,3-6,9,12-13H2,1-2H3/t18-/m0/s1. The Balaban J connectivity index is 1.52. The molecular formula is C19H26N4O. The van der Waals surface area contributed by atoms with Crippen molar-refractivity contribution >= 4 is 5.91 Å². The summed E-state index contributed by atoms with van der Waals surface area (Å²) in [5.41, 5.74) is 3.48. The normalized spacial score (nSPS) is 17.4. The van der Waals surface area contributed by atoms with Crippen LogP contribution in [0.25, 0.3) is 0 Å². The van der Waals surface area contributed by atoms with Gasteiger partial charge in [0.25, 0.3) is 0 Å². The number of nitrogens with zero attached hydrogens (tertiary/aromatic N) is 4. The molecule has 0 aromatic carbocycles. The van der Waals surface area contributed by atoms with Crippen molar-refractivity contribution in [3.63, 3.8) is 0 Å². The second-order valence-corrected chi connectivity index (χ2v) is 6.67. The molecule has 1 aliphatic rings. The number of hydrogen-bond donors (Lipinski definition) is 0. The molecule has 1 aliphatic heterocycles. The fraction of sp³-hybridized carbons (Fsp3) is 0.526. The Labute approximate surface area is 143 Å². The second-order valence-electron chi connectivity index (χ2n) is 6.67. The van der Waals surface area contributed by atoms with E-state index in [1.165, 1.54) is 5.56 Å². The van der Waals surface area contributed by atoms with Crippen molar-refractivity contribution in [1.82, 2.24) is 19.7 Å². The minimum atomic E-state index is 0.262. The lowest BCUT2D eigenvalue weighted by molar-refractivity contribution is -0.132. The summed E-state index contributed by atoms with van der Waals surface area (Å²) in [6, 6.07) is 6.57. The Morgan fingerprint density at radius 2 is 2.17 bits per heavy atom. The summed E-state index contributed by atoms with van der Waals surface area (Å²) in [4.78, 5) is 18.9. The van der Waals surface area contributed by atoms with E-state index in [0.29, 0.717) is 19.0 Å². The summed E-state index contributed by atoms with van der Waals surface area (Å²) in [6.45, 7) is 5.61. The van der Waals surface area contributed by atoms with Gasteiger partial charge in [0.2, 0.25) is 5.91 Å². The number of rotatable bonds is 6. The van der Waals surface area contributed by atoms with Crippen LogP contribution in [0.5, 0.6) is 0 Å². The van der Waals surface area contributed by atoms with Crippen LogP contribution in [0.2, 0.25) is 0 Å². The molecule has 2 aromatic heterocycles.